The van der Waals surface area contributed by atoms with E-state index >= 15 is 0 Å². The van der Waals surface area contributed by atoms with Crippen LogP contribution in [-0.4, -0.2) is 19.8 Å². The quantitative estimate of drug-likeness (QED) is 0.413. The minimum atomic E-state index is 0.461. The van der Waals surface area contributed by atoms with Crippen LogP contribution < -0.4 is 0 Å². The van der Waals surface area contributed by atoms with Gasteiger partial charge < -0.3 is 9.47 Å². The molecule has 3 nitrogen and oxygen atoms in total. The van der Waals surface area contributed by atoms with Crippen LogP contribution in [0.3, 0.4) is 0 Å². The Bertz CT molecular complexity index is 129. The van der Waals surface area contributed by atoms with E-state index in [4.69, 9.17) is 14.7 Å². The third-order valence-electron chi connectivity index (χ3n) is 1.03. The predicted octanol–water partition coefficient (Wildman–Crippen LogP) is 1.47. The maximum absolute atomic E-state index is 8.14. The van der Waals surface area contributed by atoms with Crippen LogP contribution >= 0.6 is 0 Å². The Hall–Kier alpha value is -1.01. The first-order chi connectivity index (χ1) is 5.41. The standard InChI is InChI=1S/C8H13NO2/c1-2-10-7-4-8-11-6-3-5-9/h2H,1,3-4,6-8H2. The van der Waals surface area contributed by atoms with E-state index in [0.717, 1.165) is 6.42 Å². The van der Waals surface area contributed by atoms with Crippen molar-refractivity contribution in [1.29, 1.82) is 5.26 Å². The highest BCUT2D eigenvalue weighted by atomic mass is 16.5. The zero-order chi connectivity index (χ0) is 8.36. The Labute approximate surface area is 67.2 Å². The van der Waals surface area contributed by atoms with E-state index in [0.29, 0.717) is 26.2 Å². The summed E-state index contributed by atoms with van der Waals surface area (Å²) >= 11 is 0. The van der Waals surface area contributed by atoms with Crippen molar-refractivity contribution in [3.05, 3.63) is 12.8 Å². The number of nitriles is 1. The maximum Gasteiger partial charge on any atom is 0.0895 e. The van der Waals surface area contributed by atoms with Gasteiger partial charge in [-0.2, -0.15) is 5.26 Å². The molecule has 0 radical (unpaired) electrons. The average molecular weight is 155 g/mol. The highest BCUT2D eigenvalue weighted by Gasteiger charge is 1.87. The molecule has 3 heteroatoms. The number of nitrogens with zero attached hydrogens (tertiary/aromatic N) is 1. The molecule has 0 fully saturated rings. The van der Waals surface area contributed by atoms with Gasteiger partial charge in [0.25, 0.3) is 0 Å². The van der Waals surface area contributed by atoms with E-state index < -0.39 is 0 Å². The Kier molecular flexibility index (Phi) is 8.16. The first-order valence-electron chi connectivity index (χ1n) is 3.59. The van der Waals surface area contributed by atoms with E-state index in [1.165, 1.54) is 6.26 Å². The summed E-state index contributed by atoms with van der Waals surface area (Å²) in [6, 6.07) is 2.00. The highest BCUT2D eigenvalue weighted by molar-refractivity contribution is 4.66. The second kappa shape index (κ2) is 8.99. The lowest BCUT2D eigenvalue weighted by Gasteiger charge is -2.00. The molecule has 0 saturated carbocycles. The summed E-state index contributed by atoms with van der Waals surface area (Å²) in [4.78, 5) is 0. The van der Waals surface area contributed by atoms with Crippen LogP contribution in [-0.2, 0) is 9.47 Å². The average Bonchev–Trinajstić information content (AvgIpc) is 2.03. The van der Waals surface area contributed by atoms with Crippen LogP contribution in [0.2, 0.25) is 0 Å². The van der Waals surface area contributed by atoms with Crippen molar-refractivity contribution in [2.75, 3.05) is 19.8 Å². The van der Waals surface area contributed by atoms with Crippen LogP contribution in [0.5, 0.6) is 0 Å². The third-order valence-corrected chi connectivity index (χ3v) is 1.03. The summed E-state index contributed by atoms with van der Waals surface area (Å²) in [5.41, 5.74) is 0. The Morgan fingerprint density at radius 3 is 2.82 bits per heavy atom. The normalized spacial score (nSPS) is 8.64. The van der Waals surface area contributed by atoms with Crippen molar-refractivity contribution in [2.24, 2.45) is 0 Å². The van der Waals surface area contributed by atoms with E-state index in [-0.39, 0.29) is 0 Å². The molecule has 0 N–H and O–H groups in total. The molecule has 0 atom stereocenters. The van der Waals surface area contributed by atoms with Gasteiger partial charge >= 0.3 is 0 Å². The molecule has 0 aliphatic rings. The van der Waals surface area contributed by atoms with Crippen LogP contribution in [0.1, 0.15) is 12.8 Å². The number of rotatable bonds is 7. The van der Waals surface area contributed by atoms with Crippen molar-refractivity contribution in [1.82, 2.24) is 0 Å². The van der Waals surface area contributed by atoms with Crippen LogP contribution in [0, 0.1) is 11.3 Å². The molecule has 0 aromatic rings. The number of ether oxygens (including phenoxy) is 2. The van der Waals surface area contributed by atoms with Crippen molar-refractivity contribution in [3.63, 3.8) is 0 Å². The molecule has 0 rings (SSSR count). The van der Waals surface area contributed by atoms with Crippen molar-refractivity contribution in [2.45, 2.75) is 12.8 Å². The predicted molar refractivity (Wildman–Crippen MR) is 41.8 cm³/mol. The molecule has 11 heavy (non-hydrogen) atoms. The summed E-state index contributed by atoms with van der Waals surface area (Å²) in [7, 11) is 0. The lowest BCUT2D eigenvalue weighted by Crippen LogP contribution is -1.99. The third kappa shape index (κ3) is 8.99. The summed E-state index contributed by atoms with van der Waals surface area (Å²) in [5, 5.41) is 8.14. The van der Waals surface area contributed by atoms with Gasteiger partial charge in [0, 0.05) is 13.0 Å². The van der Waals surface area contributed by atoms with Crippen molar-refractivity contribution < 1.29 is 9.47 Å². The fourth-order valence-corrected chi connectivity index (χ4v) is 0.548. The van der Waals surface area contributed by atoms with Gasteiger partial charge in [-0.05, 0) is 0 Å². The monoisotopic (exact) mass is 155 g/mol. The van der Waals surface area contributed by atoms with Gasteiger partial charge in [-0.15, -0.1) is 0 Å². The summed E-state index contributed by atoms with van der Waals surface area (Å²) in [5.74, 6) is 0. The maximum atomic E-state index is 8.14. The molecule has 62 valence electrons. The Morgan fingerprint density at radius 1 is 1.36 bits per heavy atom. The van der Waals surface area contributed by atoms with Gasteiger partial charge in [0.2, 0.25) is 0 Å². The minimum Gasteiger partial charge on any atom is -0.502 e. The molecule has 0 bridgehead atoms. The molecule has 0 heterocycles. The van der Waals surface area contributed by atoms with Gasteiger partial charge in [0.15, 0.2) is 0 Å². The van der Waals surface area contributed by atoms with Gasteiger partial charge in [0.05, 0.1) is 32.0 Å². The van der Waals surface area contributed by atoms with E-state index in [1.54, 1.807) is 0 Å². The smallest absolute Gasteiger partial charge is 0.0895 e. The number of hydrogen-bond acceptors (Lipinski definition) is 3. The SMILES string of the molecule is C=COCCCOCCC#N. The molecular formula is C8H13NO2. The lowest BCUT2D eigenvalue weighted by molar-refractivity contribution is 0.116. The molecule has 0 aliphatic carbocycles. The van der Waals surface area contributed by atoms with Gasteiger partial charge in [-0.3, -0.25) is 0 Å². The topological polar surface area (TPSA) is 42.2 Å². The van der Waals surface area contributed by atoms with Gasteiger partial charge in [-0.1, -0.05) is 6.58 Å². The van der Waals surface area contributed by atoms with Crippen molar-refractivity contribution in [3.8, 4) is 6.07 Å². The summed E-state index contributed by atoms with van der Waals surface area (Å²) in [6.45, 7) is 5.20. The van der Waals surface area contributed by atoms with Crippen molar-refractivity contribution >= 4 is 0 Å². The second-order valence-corrected chi connectivity index (χ2v) is 1.91. The highest BCUT2D eigenvalue weighted by Crippen LogP contribution is 1.86. The zero-order valence-electron chi connectivity index (χ0n) is 6.58. The molecule has 0 aromatic heterocycles. The molecule has 0 aromatic carbocycles. The largest absolute Gasteiger partial charge is 0.502 e. The van der Waals surface area contributed by atoms with Crippen LogP contribution in [0.4, 0.5) is 0 Å². The molecule has 0 amide bonds. The first kappa shape index (κ1) is 9.99. The first-order valence-corrected chi connectivity index (χ1v) is 3.59. The Balaban J connectivity index is 2.80. The lowest BCUT2D eigenvalue weighted by atomic mass is 10.5. The van der Waals surface area contributed by atoms with E-state index in [1.807, 2.05) is 6.07 Å². The minimum absolute atomic E-state index is 0.461. The molecular weight excluding hydrogens is 142 g/mol. The van der Waals surface area contributed by atoms with E-state index in [2.05, 4.69) is 6.58 Å². The summed E-state index contributed by atoms with van der Waals surface area (Å²) < 4.78 is 9.94. The second-order valence-electron chi connectivity index (χ2n) is 1.91. The Morgan fingerprint density at radius 2 is 2.18 bits per heavy atom. The molecule has 0 spiro atoms. The van der Waals surface area contributed by atoms with Gasteiger partial charge in [-0.25, -0.2) is 0 Å². The van der Waals surface area contributed by atoms with Crippen LogP contribution in [0.15, 0.2) is 12.8 Å². The fourth-order valence-electron chi connectivity index (χ4n) is 0.548. The molecule has 0 aliphatic heterocycles. The van der Waals surface area contributed by atoms with E-state index in [9.17, 15) is 0 Å². The number of hydrogen-bond donors (Lipinski definition) is 0. The van der Waals surface area contributed by atoms with Gasteiger partial charge in [0.1, 0.15) is 0 Å². The molecule has 0 unspecified atom stereocenters. The van der Waals surface area contributed by atoms with Crippen LogP contribution in [0.25, 0.3) is 0 Å². The zero-order valence-corrected chi connectivity index (χ0v) is 6.58. The fraction of sp³-hybridized carbons (Fsp3) is 0.625. The molecule has 0 saturated heterocycles. The summed E-state index contributed by atoms with van der Waals surface area (Å²) in [6.07, 6.45) is 2.72.